The summed E-state index contributed by atoms with van der Waals surface area (Å²) in [6, 6.07) is 10.3. The molecule has 6 heteroatoms. The SMILES string of the molecule is NC(=S)NC1CC(c2ccccc2)NC(=S)N1. The molecule has 90 valence electrons. The fraction of sp³-hybridized carbons (Fsp3) is 0.273. The van der Waals surface area contributed by atoms with Crippen LogP contribution in [-0.2, 0) is 0 Å². The molecule has 1 saturated heterocycles. The van der Waals surface area contributed by atoms with Gasteiger partial charge in [0, 0.05) is 6.42 Å². The highest BCUT2D eigenvalue weighted by atomic mass is 32.1. The molecule has 5 N–H and O–H groups in total. The van der Waals surface area contributed by atoms with Gasteiger partial charge in [-0.25, -0.2) is 0 Å². The van der Waals surface area contributed by atoms with Crippen LogP contribution in [0, 0.1) is 0 Å². The van der Waals surface area contributed by atoms with Crippen molar-refractivity contribution in [3.05, 3.63) is 35.9 Å². The second-order valence-corrected chi connectivity index (χ2v) is 4.73. The van der Waals surface area contributed by atoms with Crippen LogP contribution in [0.4, 0.5) is 0 Å². The first kappa shape index (κ1) is 12.1. The lowest BCUT2D eigenvalue weighted by molar-refractivity contribution is 0.414. The molecular formula is C11H14N4S2. The monoisotopic (exact) mass is 266 g/mol. The van der Waals surface area contributed by atoms with Crippen molar-refractivity contribution < 1.29 is 0 Å². The summed E-state index contributed by atoms with van der Waals surface area (Å²) in [6.45, 7) is 0. The van der Waals surface area contributed by atoms with Crippen LogP contribution in [0.15, 0.2) is 30.3 Å². The van der Waals surface area contributed by atoms with Crippen LogP contribution in [0.25, 0.3) is 0 Å². The highest BCUT2D eigenvalue weighted by Crippen LogP contribution is 2.20. The van der Waals surface area contributed by atoms with Crippen LogP contribution >= 0.6 is 24.4 Å². The lowest BCUT2D eigenvalue weighted by Gasteiger charge is -2.33. The van der Waals surface area contributed by atoms with E-state index in [1.54, 1.807) is 0 Å². The van der Waals surface area contributed by atoms with E-state index in [1.807, 2.05) is 18.2 Å². The highest BCUT2D eigenvalue weighted by molar-refractivity contribution is 7.80. The molecular weight excluding hydrogens is 252 g/mol. The fourth-order valence-electron chi connectivity index (χ4n) is 1.88. The molecule has 0 radical (unpaired) electrons. The third-order valence-electron chi connectivity index (χ3n) is 2.60. The Hall–Kier alpha value is -1.40. The van der Waals surface area contributed by atoms with E-state index in [2.05, 4.69) is 28.1 Å². The van der Waals surface area contributed by atoms with Crippen LogP contribution in [0.1, 0.15) is 18.0 Å². The van der Waals surface area contributed by atoms with Gasteiger partial charge < -0.3 is 21.7 Å². The topological polar surface area (TPSA) is 62.1 Å². The number of thiocarbonyl (C=S) groups is 2. The maximum absolute atomic E-state index is 5.47. The molecule has 4 nitrogen and oxygen atoms in total. The van der Waals surface area contributed by atoms with Gasteiger partial charge in [-0.05, 0) is 30.0 Å². The second-order valence-electron chi connectivity index (χ2n) is 3.88. The summed E-state index contributed by atoms with van der Waals surface area (Å²) in [5, 5.41) is 10.2. The third kappa shape index (κ3) is 3.28. The van der Waals surface area contributed by atoms with Gasteiger partial charge in [-0.2, -0.15) is 0 Å². The Morgan fingerprint density at radius 1 is 1.29 bits per heavy atom. The molecule has 1 aromatic rings. The Morgan fingerprint density at radius 2 is 2.00 bits per heavy atom. The van der Waals surface area contributed by atoms with Crippen molar-refractivity contribution in [3.8, 4) is 0 Å². The summed E-state index contributed by atoms with van der Waals surface area (Å²) in [5.74, 6) is 0. The quantitative estimate of drug-likeness (QED) is 0.593. The van der Waals surface area contributed by atoms with Crippen LogP contribution in [0.2, 0.25) is 0 Å². The number of nitrogens with two attached hydrogens (primary N) is 1. The van der Waals surface area contributed by atoms with E-state index < -0.39 is 0 Å². The van der Waals surface area contributed by atoms with E-state index in [0.717, 1.165) is 6.42 Å². The standard InChI is InChI=1S/C11H14N4S2/c12-10(16)14-9-6-8(13-11(17)15-9)7-4-2-1-3-5-7/h1-5,8-9H,6H2,(H3,12,14,16)(H2,13,15,17). The molecule has 0 amide bonds. The van der Waals surface area contributed by atoms with Crippen molar-refractivity contribution in [1.29, 1.82) is 0 Å². The molecule has 1 aliphatic heterocycles. The van der Waals surface area contributed by atoms with Crippen LogP contribution < -0.4 is 21.7 Å². The minimum Gasteiger partial charge on any atom is -0.376 e. The van der Waals surface area contributed by atoms with Gasteiger partial charge in [-0.15, -0.1) is 0 Å². The fourth-order valence-corrected chi connectivity index (χ4v) is 2.31. The lowest BCUT2D eigenvalue weighted by atomic mass is 10.0. The van der Waals surface area contributed by atoms with E-state index in [1.165, 1.54) is 5.56 Å². The molecule has 0 bridgehead atoms. The van der Waals surface area contributed by atoms with Gasteiger partial charge >= 0.3 is 0 Å². The molecule has 2 rings (SSSR count). The lowest BCUT2D eigenvalue weighted by Crippen LogP contribution is -2.58. The summed E-state index contributed by atoms with van der Waals surface area (Å²) >= 11 is 10.00. The number of rotatable bonds is 2. The van der Waals surface area contributed by atoms with Gasteiger partial charge in [0.1, 0.15) is 6.17 Å². The molecule has 2 atom stereocenters. The van der Waals surface area contributed by atoms with Gasteiger partial charge in [-0.3, -0.25) is 0 Å². The largest absolute Gasteiger partial charge is 0.376 e. The Bertz CT molecular complexity index is 419. The number of nitrogens with one attached hydrogen (secondary N) is 3. The molecule has 1 aromatic carbocycles. The van der Waals surface area contributed by atoms with Crippen molar-refractivity contribution >= 4 is 34.7 Å². The maximum Gasteiger partial charge on any atom is 0.168 e. The number of benzene rings is 1. The maximum atomic E-state index is 5.47. The summed E-state index contributed by atoms with van der Waals surface area (Å²) in [6.07, 6.45) is 0.799. The Kier molecular flexibility index (Phi) is 3.75. The minimum atomic E-state index is -0.0218. The van der Waals surface area contributed by atoms with E-state index in [-0.39, 0.29) is 17.3 Å². The van der Waals surface area contributed by atoms with Crippen LogP contribution in [0.5, 0.6) is 0 Å². The Balaban J connectivity index is 2.09. The van der Waals surface area contributed by atoms with Gasteiger partial charge in [-0.1, -0.05) is 30.3 Å². The molecule has 0 aromatic heterocycles. The molecule has 1 heterocycles. The zero-order valence-corrected chi connectivity index (χ0v) is 10.8. The molecule has 0 saturated carbocycles. The Morgan fingerprint density at radius 3 is 2.65 bits per heavy atom. The number of hydrogen-bond donors (Lipinski definition) is 4. The number of hydrogen-bond acceptors (Lipinski definition) is 2. The first-order valence-electron chi connectivity index (χ1n) is 5.33. The van der Waals surface area contributed by atoms with Crippen LogP contribution in [-0.4, -0.2) is 16.4 Å². The van der Waals surface area contributed by atoms with Crippen molar-refractivity contribution in [2.75, 3.05) is 0 Å². The normalized spacial score (nSPS) is 23.4. The zero-order valence-electron chi connectivity index (χ0n) is 9.14. The van der Waals surface area contributed by atoms with E-state index in [4.69, 9.17) is 30.2 Å². The predicted molar refractivity (Wildman–Crippen MR) is 76.4 cm³/mol. The molecule has 17 heavy (non-hydrogen) atoms. The average molecular weight is 266 g/mol. The molecule has 0 spiro atoms. The molecule has 2 unspecified atom stereocenters. The molecule has 0 aliphatic carbocycles. The Labute approximate surface area is 111 Å². The van der Waals surface area contributed by atoms with Crippen molar-refractivity contribution in [1.82, 2.24) is 16.0 Å². The van der Waals surface area contributed by atoms with E-state index >= 15 is 0 Å². The van der Waals surface area contributed by atoms with Crippen molar-refractivity contribution in [2.45, 2.75) is 18.6 Å². The second kappa shape index (κ2) is 5.29. The zero-order chi connectivity index (χ0) is 12.3. The predicted octanol–water partition coefficient (Wildman–Crippen LogP) is 0.755. The molecule has 1 fully saturated rings. The summed E-state index contributed by atoms with van der Waals surface area (Å²) < 4.78 is 0. The first-order chi connectivity index (χ1) is 8.15. The first-order valence-corrected chi connectivity index (χ1v) is 6.15. The van der Waals surface area contributed by atoms with Crippen molar-refractivity contribution in [3.63, 3.8) is 0 Å². The highest BCUT2D eigenvalue weighted by Gasteiger charge is 2.24. The average Bonchev–Trinajstić information content (AvgIpc) is 2.28. The smallest absolute Gasteiger partial charge is 0.168 e. The third-order valence-corrected chi connectivity index (χ3v) is 2.95. The summed E-state index contributed by atoms with van der Waals surface area (Å²) in [7, 11) is 0. The van der Waals surface area contributed by atoms with Gasteiger partial charge in [0.05, 0.1) is 6.04 Å². The van der Waals surface area contributed by atoms with Gasteiger partial charge in [0.25, 0.3) is 0 Å². The minimum absolute atomic E-state index is 0.0218. The summed E-state index contributed by atoms with van der Waals surface area (Å²) in [5.41, 5.74) is 6.67. The van der Waals surface area contributed by atoms with Crippen LogP contribution in [0.3, 0.4) is 0 Å². The van der Waals surface area contributed by atoms with E-state index in [0.29, 0.717) is 5.11 Å². The van der Waals surface area contributed by atoms with Gasteiger partial charge in [0.2, 0.25) is 0 Å². The van der Waals surface area contributed by atoms with Gasteiger partial charge in [0.15, 0.2) is 10.2 Å². The van der Waals surface area contributed by atoms with Crippen molar-refractivity contribution in [2.24, 2.45) is 5.73 Å². The molecule has 1 aliphatic rings. The van der Waals surface area contributed by atoms with E-state index in [9.17, 15) is 0 Å². The summed E-state index contributed by atoms with van der Waals surface area (Å²) in [4.78, 5) is 0.